The second kappa shape index (κ2) is 10.4. The van der Waals surface area contributed by atoms with E-state index in [1.807, 2.05) is 18.2 Å². The highest BCUT2D eigenvalue weighted by atomic mass is 127. The summed E-state index contributed by atoms with van der Waals surface area (Å²) in [5.74, 6) is 1.35. The number of hydrogen-bond donors (Lipinski definition) is 3. The maximum Gasteiger partial charge on any atom is 0.221 e. The Morgan fingerprint density at radius 1 is 1.33 bits per heavy atom. The Labute approximate surface area is 160 Å². The number of guanidine groups is 1. The van der Waals surface area contributed by atoms with E-state index in [0.717, 1.165) is 11.5 Å². The van der Waals surface area contributed by atoms with Gasteiger partial charge in [-0.15, -0.1) is 24.0 Å². The molecule has 1 amide bonds. The van der Waals surface area contributed by atoms with Crippen LogP contribution in [-0.2, 0) is 11.3 Å². The highest BCUT2D eigenvalue weighted by Gasteiger charge is 2.15. The summed E-state index contributed by atoms with van der Waals surface area (Å²) in [4.78, 5) is 15.6. The van der Waals surface area contributed by atoms with Gasteiger partial charge in [0.15, 0.2) is 5.96 Å². The average Bonchev–Trinajstić information content (AvgIpc) is 3.04. The van der Waals surface area contributed by atoms with Crippen LogP contribution in [0.15, 0.2) is 23.2 Å². The molecule has 6 nitrogen and oxygen atoms in total. The highest BCUT2D eigenvalue weighted by Crippen LogP contribution is 2.25. The molecule has 1 aliphatic rings. The van der Waals surface area contributed by atoms with Gasteiger partial charge in [0, 0.05) is 26.6 Å². The number of amides is 1. The van der Waals surface area contributed by atoms with Crippen molar-refractivity contribution < 1.29 is 9.53 Å². The van der Waals surface area contributed by atoms with E-state index in [0.29, 0.717) is 24.0 Å². The number of benzene rings is 1. The summed E-state index contributed by atoms with van der Waals surface area (Å²) in [5.41, 5.74) is 1.72. The maximum atomic E-state index is 11.3. The minimum Gasteiger partial charge on any atom is -0.495 e. The molecule has 1 saturated carbocycles. The molecule has 134 valence electrons. The van der Waals surface area contributed by atoms with Gasteiger partial charge < -0.3 is 20.7 Å². The number of nitrogens with one attached hydrogen (secondary N) is 3. The lowest BCUT2D eigenvalue weighted by atomic mass is 10.2. The first-order valence-corrected chi connectivity index (χ1v) is 8.04. The number of carbonyl (C=O) groups excluding carboxylic acids is 1. The van der Waals surface area contributed by atoms with Gasteiger partial charge in [0.05, 0.1) is 12.8 Å². The van der Waals surface area contributed by atoms with Crippen LogP contribution in [0, 0.1) is 0 Å². The molecule has 0 atom stereocenters. The molecule has 7 heteroatoms. The first-order chi connectivity index (χ1) is 11.1. The van der Waals surface area contributed by atoms with E-state index in [4.69, 9.17) is 4.74 Å². The van der Waals surface area contributed by atoms with Crippen molar-refractivity contribution in [2.24, 2.45) is 4.99 Å². The fourth-order valence-corrected chi connectivity index (χ4v) is 2.80. The van der Waals surface area contributed by atoms with Gasteiger partial charge in [-0.2, -0.15) is 0 Å². The Kier molecular flexibility index (Phi) is 8.88. The van der Waals surface area contributed by atoms with Gasteiger partial charge in [-0.3, -0.25) is 9.79 Å². The maximum absolute atomic E-state index is 11.3. The lowest BCUT2D eigenvalue weighted by molar-refractivity contribution is -0.114. The fraction of sp³-hybridized carbons (Fsp3) is 0.529. The molecule has 0 heterocycles. The van der Waals surface area contributed by atoms with Crippen molar-refractivity contribution in [3.8, 4) is 5.75 Å². The van der Waals surface area contributed by atoms with E-state index in [1.165, 1.54) is 32.6 Å². The Bertz CT molecular complexity index is 572. The quantitative estimate of drug-likeness (QED) is 0.370. The van der Waals surface area contributed by atoms with Crippen molar-refractivity contribution in [3.05, 3.63) is 23.8 Å². The molecule has 2 rings (SSSR count). The van der Waals surface area contributed by atoms with Gasteiger partial charge in [0.1, 0.15) is 5.75 Å². The summed E-state index contributed by atoms with van der Waals surface area (Å²) in [7, 11) is 3.37. The van der Waals surface area contributed by atoms with Crippen molar-refractivity contribution in [2.45, 2.75) is 45.2 Å². The largest absolute Gasteiger partial charge is 0.495 e. The summed E-state index contributed by atoms with van der Waals surface area (Å²) in [6.45, 7) is 2.11. The van der Waals surface area contributed by atoms with Gasteiger partial charge in [-0.1, -0.05) is 18.9 Å². The Hall–Kier alpha value is -1.51. The normalized spacial score (nSPS) is 14.7. The van der Waals surface area contributed by atoms with E-state index in [9.17, 15) is 4.79 Å². The lowest BCUT2D eigenvalue weighted by Gasteiger charge is -2.17. The van der Waals surface area contributed by atoms with Gasteiger partial charge in [0.2, 0.25) is 5.91 Å². The molecular weight excluding hydrogens is 419 g/mol. The van der Waals surface area contributed by atoms with E-state index >= 15 is 0 Å². The number of anilines is 1. The molecule has 1 aliphatic carbocycles. The van der Waals surface area contributed by atoms with Gasteiger partial charge in [0.25, 0.3) is 0 Å². The van der Waals surface area contributed by atoms with Crippen LogP contribution in [0.3, 0.4) is 0 Å². The summed E-state index contributed by atoms with van der Waals surface area (Å²) < 4.78 is 5.27. The van der Waals surface area contributed by atoms with Crippen LogP contribution in [0.25, 0.3) is 0 Å². The molecule has 24 heavy (non-hydrogen) atoms. The third kappa shape index (κ3) is 6.18. The molecule has 0 bridgehead atoms. The zero-order valence-corrected chi connectivity index (χ0v) is 16.8. The monoisotopic (exact) mass is 446 g/mol. The number of halogens is 1. The minimum atomic E-state index is -0.118. The van der Waals surface area contributed by atoms with E-state index in [2.05, 4.69) is 20.9 Å². The molecule has 0 aliphatic heterocycles. The summed E-state index contributed by atoms with van der Waals surface area (Å²) in [6.07, 6.45) is 4.98. The first kappa shape index (κ1) is 20.5. The lowest BCUT2D eigenvalue weighted by Crippen LogP contribution is -2.41. The van der Waals surface area contributed by atoms with Crippen LogP contribution >= 0.6 is 24.0 Å². The fourth-order valence-electron chi connectivity index (χ4n) is 2.80. The molecule has 1 fully saturated rings. The second-order valence-corrected chi connectivity index (χ2v) is 5.77. The van der Waals surface area contributed by atoms with Crippen molar-refractivity contribution >= 4 is 41.5 Å². The number of carbonyl (C=O) groups is 1. The molecule has 1 aromatic rings. The highest BCUT2D eigenvalue weighted by molar-refractivity contribution is 14.0. The van der Waals surface area contributed by atoms with Crippen LogP contribution in [0.4, 0.5) is 5.69 Å². The van der Waals surface area contributed by atoms with Crippen molar-refractivity contribution in [1.82, 2.24) is 10.6 Å². The van der Waals surface area contributed by atoms with E-state index < -0.39 is 0 Å². The summed E-state index contributed by atoms with van der Waals surface area (Å²) in [6, 6.07) is 6.26. The minimum absolute atomic E-state index is 0. The first-order valence-electron chi connectivity index (χ1n) is 8.04. The smallest absolute Gasteiger partial charge is 0.221 e. The number of aliphatic imine (C=N–C) groups is 1. The van der Waals surface area contributed by atoms with E-state index in [-0.39, 0.29) is 29.9 Å². The Morgan fingerprint density at radius 2 is 2.04 bits per heavy atom. The average molecular weight is 446 g/mol. The summed E-state index contributed by atoms with van der Waals surface area (Å²) >= 11 is 0. The van der Waals surface area contributed by atoms with E-state index in [1.54, 1.807) is 14.2 Å². The van der Waals surface area contributed by atoms with Crippen LogP contribution in [-0.4, -0.2) is 32.1 Å². The molecule has 3 N–H and O–H groups in total. The van der Waals surface area contributed by atoms with Gasteiger partial charge in [-0.25, -0.2) is 0 Å². The number of methoxy groups -OCH3 is 1. The third-order valence-electron chi connectivity index (χ3n) is 3.95. The zero-order chi connectivity index (χ0) is 16.7. The van der Waals surface area contributed by atoms with Crippen molar-refractivity contribution in [1.29, 1.82) is 0 Å². The van der Waals surface area contributed by atoms with Crippen LogP contribution in [0.5, 0.6) is 5.75 Å². The standard InChI is InChI=1S/C17H26N4O2.HI/c1-12(22)20-15-10-13(8-9-16(15)23-3)11-19-17(18-2)21-14-6-4-5-7-14;/h8-10,14H,4-7,11H2,1-3H3,(H,20,22)(H2,18,19,21);1H. The van der Waals surface area contributed by atoms with Crippen molar-refractivity contribution in [3.63, 3.8) is 0 Å². The molecule has 0 aromatic heterocycles. The zero-order valence-electron chi connectivity index (χ0n) is 14.5. The molecular formula is C17H27IN4O2. The number of ether oxygens (including phenoxy) is 1. The van der Waals surface area contributed by atoms with Crippen LogP contribution in [0.2, 0.25) is 0 Å². The predicted molar refractivity (Wildman–Crippen MR) is 108 cm³/mol. The predicted octanol–water partition coefficient (Wildman–Crippen LogP) is 2.88. The van der Waals surface area contributed by atoms with Crippen LogP contribution < -0.4 is 20.7 Å². The number of hydrogen-bond acceptors (Lipinski definition) is 3. The molecule has 1 aromatic carbocycles. The molecule has 0 saturated heterocycles. The van der Waals surface area contributed by atoms with Gasteiger partial charge in [-0.05, 0) is 30.5 Å². The molecule has 0 spiro atoms. The number of rotatable bonds is 5. The second-order valence-electron chi connectivity index (χ2n) is 5.77. The molecule has 0 radical (unpaired) electrons. The third-order valence-corrected chi connectivity index (χ3v) is 3.95. The summed E-state index contributed by atoms with van der Waals surface area (Å²) in [5, 5.41) is 9.55. The Morgan fingerprint density at radius 3 is 2.62 bits per heavy atom. The SMILES string of the molecule is CN=C(NCc1ccc(OC)c(NC(C)=O)c1)NC1CCCC1.I. The molecule has 0 unspecified atom stereocenters. The van der Waals surface area contributed by atoms with Crippen LogP contribution in [0.1, 0.15) is 38.2 Å². The number of nitrogens with zero attached hydrogens (tertiary/aromatic N) is 1. The Balaban J connectivity index is 0.00000288. The van der Waals surface area contributed by atoms with Gasteiger partial charge >= 0.3 is 0 Å². The van der Waals surface area contributed by atoms with Crippen molar-refractivity contribution in [2.75, 3.05) is 19.5 Å². The topological polar surface area (TPSA) is 74.8 Å².